The lowest BCUT2D eigenvalue weighted by molar-refractivity contribution is -0.0670. The molecule has 4 nitrogen and oxygen atoms in total. The number of nitrogens with zero attached hydrogens (tertiary/aromatic N) is 1. The molecule has 0 spiro atoms. The van der Waals surface area contributed by atoms with Gasteiger partial charge in [-0.1, -0.05) is 12.8 Å². The highest BCUT2D eigenvalue weighted by Gasteiger charge is 2.36. The Morgan fingerprint density at radius 2 is 1.91 bits per heavy atom. The summed E-state index contributed by atoms with van der Waals surface area (Å²) in [6.45, 7) is 1.93. The highest BCUT2D eigenvalue weighted by Crippen LogP contribution is 2.26. The first-order valence-electron chi connectivity index (χ1n) is 8.17. The minimum Gasteiger partial charge on any atom is -0.490 e. The third-order valence-electron chi connectivity index (χ3n) is 4.58. The minimum atomic E-state index is -1.18. The molecular formula is C17H23F2NO3. The molecular weight excluding hydrogens is 304 g/mol. The van der Waals surface area contributed by atoms with Crippen LogP contribution in [0.3, 0.4) is 0 Å². The van der Waals surface area contributed by atoms with E-state index in [1.165, 1.54) is 12.8 Å². The van der Waals surface area contributed by atoms with Crippen LogP contribution in [0.1, 0.15) is 25.7 Å². The number of halogens is 2. The van der Waals surface area contributed by atoms with Crippen LogP contribution in [0.25, 0.3) is 0 Å². The number of aliphatic hydroxyl groups is 1. The van der Waals surface area contributed by atoms with Crippen LogP contribution in [-0.4, -0.2) is 54.6 Å². The quantitative estimate of drug-likeness (QED) is 0.922. The van der Waals surface area contributed by atoms with E-state index < -0.39 is 17.2 Å². The molecule has 2 aliphatic rings. The normalized spacial score (nSPS) is 27.1. The number of benzene rings is 1. The second kappa shape index (κ2) is 7.11. The van der Waals surface area contributed by atoms with E-state index in [0.717, 1.165) is 37.6 Å². The largest absolute Gasteiger partial charge is 0.490 e. The molecule has 0 radical (unpaired) electrons. The zero-order valence-corrected chi connectivity index (χ0v) is 13.1. The van der Waals surface area contributed by atoms with Crippen molar-refractivity contribution in [3.05, 3.63) is 29.8 Å². The molecule has 0 amide bonds. The van der Waals surface area contributed by atoms with Crippen LogP contribution < -0.4 is 4.74 Å². The zero-order valence-electron chi connectivity index (χ0n) is 13.1. The second-order valence-corrected chi connectivity index (χ2v) is 6.58. The third-order valence-corrected chi connectivity index (χ3v) is 4.58. The van der Waals surface area contributed by atoms with Gasteiger partial charge in [-0.3, -0.25) is 4.90 Å². The van der Waals surface area contributed by atoms with E-state index in [1.54, 1.807) is 0 Å². The fraction of sp³-hybridized carbons (Fsp3) is 0.647. The Balaban J connectivity index is 1.64. The Bertz CT molecular complexity index is 516. The second-order valence-electron chi connectivity index (χ2n) is 6.58. The van der Waals surface area contributed by atoms with Crippen molar-refractivity contribution in [2.75, 3.05) is 32.9 Å². The molecule has 1 aromatic rings. The van der Waals surface area contributed by atoms with Crippen LogP contribution in [0.4, 0.5) is 8.78 Å². The topological polar surface area (TPSA) is 41.9 Å². The molecule has 1 heterocycles. The maximum absolute atomic E-state index is 13.2. The lowest BCUT2D eigenvalue weighted by atomic mass is 10.0. The standard InChI is InChI=1S/C17H23F2NO3/c18-13-7-14(19)9-16(8-13)23-12-17(21)10-20(5-6-22-11-17)15-3-1-2-4-15/h7-9,15,21H,1-6,10-12H2. The van der Waals surface area contributed by atoms with Crippen molar-refractivity contribution >= 4 is 0 Å². The Kier molecular flexibility index (Phi) is 5.14. The van der Waals surface area contributed by atoms with Gasteiger partial charge in [-0.2, -0.15) is 0 Å². The first-order valence-corrected chi connectivity index (χ1v) is 8.17. The molecule has 23 heavy (non-hydrogen) atoms. The van der Waals surface area contributed by atoms with Gasteiger partial charge >= 0.3 is 0 Å². The lowest BCUT2D eigenvalue weighted by Crippen LogP contribution is -2.51. The molecule has 1 aliphatic heterocycles. The summed E-state index contributed by atoms with van der Waals surface area (Å²) in [5, 5.41) is 10.8. The Hall–Kier alpha value is -1.24. The molecule has 0 aromatic heterocycles. The fourth-order valence-corrected chi connectivity index (χ4v) is 3.44. The van der Waals surface area contributed by atoms with Crippen molar-refractivity contribution in [2.24, 2.45) is 0 Å². The van der Waals surface area contributed by atoms with Gasteiger partial charge in [0.05, 0.1) is 13.2 Å². The average Bonchev–Trinajstić information content (AvgIpc) is 2.95. The van der Waals surface area contributed by atoms with E-state index in [2.05, 4.69) is 4.90 Å². The van der Waals surface area contributed by atoms with Crippen LogP contribution >= 0.6 is 0 Å². The predicted molar refractivity (Wildman–Crippen MR) is 81.5 cm³/mol. The molecule has 2 fully saturated rings. The summed E-state index contributed by atoms with van der Waals surface area (Å²) in [6, 6.07) is 3.49. The lowest BCUT2D eigenvalue weighted by Gasteiger charge is -2.33. The van der Waals surface area contributed by atoms with E-state index >= 15 is 0 Å². The predicted octanol–water partition coefficient (Wildman–Crippen LogP) is 2.35. The first kappa shape index (κ1) is 16.6. The van der Waals surface area contributed by atoms with Gasteiger partial charge < -0.3 is 14.6 Å². The SMILES string of the molecule is OC1(COc2cc(F)cc(F)c2)COCCN(C2CCCC2)C1. The summed E-state index contributed by atoms with van der Waals surface area (Å²) in [5.41, 5.74) is -1.18. The number of rotatable bonds is 4. The maximum atomic E-state index is 13.2. The molecule has 1 saturated carbocycles. The molecule has 3 rings (SSSR count). The fourth-order valence-electron chi connectivity index (χ4n) is 3.44. The van der Waals surface area contributed by atoms with Gasteiger partial charge in [0, 0.05) is 37.3 Å². The van der Waals surface area contributed by atoms with Crippen molar-refractivity contribution < 1.29 is 23.4 Å². The van der Waals surface area contributed by atoms with Crippen LogP contribution in [-0.2, 0) is 4.74 Å². The van der Waals surface area contributed by atoms with E-state index in [-0.39, 0.29) is 19.0 Å². The van der Waals surface area contributed by atoms with Gasteiger partial charge in [0.1, 0.15) is 29.6 Å². The molecule has 1 N–H and O–H groups in total. The van der Waals surface area contributed by atoms with Crippen molar-refractivity contribution in [3.63, 3.8) is 0 Å². The van der Waals surface area contributed by atoms with Gasteiger partial charge in [-0.15, -0.1) is 0 Å². The van der Waals surface area contributed by atoms with Crippen molar-refractivity contribution in [1.82, 2.24) is 4.90 Å². The number of β-amino-alcohol motifs (C(OH)–C–C–N with tert-alkyl or cyclic N) is 1. The van der Waals surface area contributed by atoms with Crippen LogP contribution in [0.5, 0.6) is 5.75 Å². The van der Waals surface area contributed by atoms with Crippen LogP contribution in [0, 0.1) is 11.6 Å². The Labute approximate surface area is 135 Å². The summed E-state index contributed by atoms with van der Waals surface area (Å²) in [7, 11) is 0. The van der Waals surface area contributed by atoms with E-state index in [1.807, 2.05) is 0 Å². The summed E-state index contributed by atoms with van der Waals surface area (Å²) in [6.07, 6.45) is 4.73. The molecule has 1 aliphatic carbocycles. The van der Waals surface area contributed by atoms with E-state index in [9.17, 15) is 13.9 Å². The molecule has 128 valence electrons. The summed E-state index contributed by atoms with van der Waals surface area (Å²) in [5.74, 6) is -1.32. The van der Waals surface area contributed by atoms with Crippen molar-refractivity contribution in [2.45, 2.75) is 37.3 Å². The summed E-state index contributed by atoms with van der Waals surface area (Å²) in [4.78, 5) is 2.26. The maximum Gasteiger partial charge on any atom is 0.134 e. The highest BCUT2D eigenvalue weighted by atomic mass is 19.1. The van der Waals surface area contributed by atoms with E-state index in [4.69, 9.17) is 9.47 Å². The summed E-state index contributed by atoms with van der Waals surface area (Å²) < 4.78 is 37.4. The van der Waals surface area contributed by atoms with Crippen LogP contribution in [0.2, 0.25) is 0 Å². The number of hydrogen-bond acceptors (Lipinski definition) is 4. The highest BCUT2D eigenvalue weighted by molar-refractivity contribution is 5.24. The minimum absolute atomic E-state index is 0.0564. The molecule has 0 bridgehead atoms. The average molecular weight is 327 g/mol. The van der Waals surface area contributed by atoms with Gasteiger partial charge in [-0.25, -0.2) is 8.78 Å². The zero-order chi connectivity index (χ0) is 16.3. The Morgan fingerprint density at radius 1 is 1.22 bits per heavy atom. The molecule has 6 heteroatoms. The monoisotopic (exact) mass is 327 g/mol. The van der Waals surface area contributed by atoms with E-state index in [0.29, 0.717) is 19.2 Å². The molecule has 1 aromatic carbocycles. The van der Waals surface area contributed by atoms with Gasteiger partial charge in [0.25, 0.3) is 0 Å². The number of hydrogen-bond donors (Lipinski definition) is 1. The smallest absolute Gasteiger partial charge is 0.134 e. The molecule has 1 unspecified atom stereocenters. The van der Waals surface area contributed by atoms with Gasteiger partial charge in [0.2, 0.25) is 0 Å². The molecule has 1 atom stereocenters. The summed E-state index contributed by atoms with van der Waals surface area (Å²) >= 11 is 0. The van der Waals surface area contributed by atoms with Crippen LogP contribution in [0.15, 0.2) is 18.2 Å². The Morgan fingerprint density at radius 3 is 2.61 bits per heavy atom. The molecule has 1 saturated heterocycles. The van der Waals surface area contributed by atoms with Crippen molar-refractivity contribution in [1.29, 1.82) is 0 Å². The third kappa shape index (κ3) is 4.40. The van der Waals surface area contributed by atoms with Crippen molar-refractivity contribution in [3.8, 4) is 5.75 Å². The number of ether oxygens (including phenoxy) is 2. The van der Waals surface area contributed by atoms with Gasteiger partial charge in [0.15, 0.2) is 0 Å². The first-order chi connectivity index (χ1) is 11.0. The van der Waals surface area contributed by atoms with Gasteiger partial charge in [-0.05, 0) is 12.8 Å².